The maximum Gasteiger partial charge on any atom is 0.220 e. The second-order valence-electron chi connectivity index (χ2n) is 8.11. The number of hydrogen-bond acceptors (Lipinski definition) is 4. The molecule has 1 aromatic heterocycles. The van der Waals surface area contributed by atoms with Crippen LogP contribution in [0.5, 0.6) is 0 Å². The summed E-state index contributed by atoms with van der Waals surface area (Å²) in [6.45, 7) is 5.84. The van der Waals surface area contributed by atoms with Gasteiger partial charge in [0.25, 0.3) is 0 Å². The first-order valence-electron chi connectivity index (χ1n) is 11.3. The second-order valence-corrected chi connectivity index (χ2v) is 8.11. The predicted molar refractivity (Wildman–Crippen MR) is 125 cm³/mol. The van der Waals surface area contributed by atoms with Crippen LogP contribution in [0.2, 0.25) is 0 Å². The number of furan rings is 1. The summed E-state index contributed by atoms with van der Waals surface area (Å²) in [5, 5.41) is 3.00. The highest BCUT2D eigenvalue weighted by Gasteiger charge is 2.16. The Morgan fingerprint density at radius 1 is 0.938 bits per heavy atom. The lowest BCUT2D eigenvalue weighted by Crippen LogP contribution is -2.47. The Morgan fingerprint density at radius 2 is 1.69 bits per heavy atom. The average molecular weight is 436 g/mol. The molecule has 1 aliphatic heterocycles. The van der Waals surface area contributed by atoms with Crippen molar-refractivity contribution in [3.63, 3.8) is 0 Å². The number of nitrogens with zero attached hydrogens (tertiary/aromatic N) is 2. The van der Waals surface area contributed by atoms with E-state index in [-0.39, 0.29) is 11.7 Å². The fourth-order valence-electron chi connectivity index (χ4n) is 4.04. The molecule has 3 aromatic rings. The summed E-state index contributed by atoms with van der Waals surface area (Å²) in [6, 6.07) is 20.6. The third kappa shape index (κ3) is 5.98. The highest BCUT2D eigenvalue weighted by molar-refractivity contribution is 5.76. The van der Waals surface area contributed by atoms with E-state index in [0.29, 0.717) is 36.5 Å². The van der Waals surface area contributed by atoms with E-state index in [2.05, 4.69) is 39.4 Å². The number of halogens is 1. The fraction of sp³-hybridized carbons (Fsp3) is 0.346. The summed E-state index contributed by atoms with van der Waals surface area (Å²) >= 11 is 0. The lowest BCUT2D eigenvalue weighted by Gasteiger charge is -2.36. The quantitative estimate of drug-likeness (QED) is 0.508. The summed E-state index contributed by atoms with van der Waals surface area (Å²) in [6.07, 6.45) is 1.80. The zero-order valence-corrected chi connectivity index (χ0v) is 18.3. The van der Waals surface area contributed by atoms with Gasteiger partial charge in [-0.3, -0.25) is 9.69 Å². The van der Waals surface area contributed by atoms with Crippen LogP contribution in [0.15, 0.2) is 71.1 Å². The molecule has 0 atom stereocenters. The van der Waals surface area contributed by atoms with Gasteiger partial charge in [0, 0.05) is 51.3 Å². The van der Waals surface area contributed by atoms with Crippen molar-refractivity contribution in [3.05, 3.63) is 78.3 Å². The van der Waals surface area contributed by atoms with E-state index in [1.807, 2.05) is 12.1 Å². The van der Waals surface area contributed by atoms with Crippen molar-refractivity contribution >= 4 is 11.6 Å². The van der Waals surface area contributed by atoms with Crippen molar-refractivity contribution in [2.75, 3.05) is 44.2 Å². The van der Waals surface area contributed by atoms with Gasteiger partial charge in [0.1, 0.15) is 17.3 Å². The molecule has 0 aliphatic carbocycles. The first kappa shape index (κ1) is 22.1. The molecule has 0 spiro atoms. The molecule has 32 heavy (non-hydrogen) atoms. The van der Waals surface area contributed by atoms with E-state index in [1.54, 1.807) is 24.3 Å². The third-order valence-electron chi connectivity index (χ3n) is 5.87. The Bertz CT molecular complexity index is 997. The van der Waals surface area contributed by atoms with Crippen LogP contribution in [0.4, 0.5) is 10.1 Å². The van der Waals surface area contributed by atoms with E-state index in [1.165, 1.54) is 11.8 Å². The Hall–Kier alpha value is -3.12. The molecule has 168 valence electrons. The SMILES string of the molecule is O=C(CCc1ccc(-c2ccccc2F)o1)NCCCN1CCN(c2ccccc2)CC1. The molecular weight excluding hydrogens is 405 g/mol. The molecule has 4 rings (SSSR count). The normalized spacial score (nSPS) is 14.5. The number of aryl methyl sites for hydroxylation is 1. The molecule has 0 unspecified atom stereocenters. The van der Waals surface area contributed by atoms with Crippen LogP contribution < -0.4 is 10.2 Å². The maximum atomic E-state index is 13.9. The second kappa shape index (κ2) is 11.0. The van der Waals surface area contributed by atoms with Crippen LogP contribution in [-0.4, -0.2) is 50.1 Å². The van der Waals surface area contributed by atoms with E-state index < -0.39 is 0 Å². The predicted octanol–water partition coefficient (Wildman–Crippen LogP) is 4.35. The molecular formula is C26H30FN3O2. The van der Waals surface area contributed by atoms with Crippen molar-refractivity contribution in [1.82, 2.24) is 10.2 Å². The van der Waals surface area contributed by atoms with Gasteiger partial charge in [-0.1, -0.05) is 30.3 Å². The van der Waals surface area contributed by atoms with E-state index in [4.69, 9.17) is 4.42 Å². The van der Waals surface area contributed by atoms with Gasteiger partial charge in [0.15, 0.2) is 0 Å². The number of amides is 1. The lowest BCUT2D eigenvalue weighted by molar-refractivity contribution is -0.121. The van der Waals surface area contributed by atoms with Gasteiger partial charge in [0.2, 0.25) is 5.91 Å². The Labute approximate surface area is 188 Å². The molecule has 1 N–H and O–H groups in total. The minimum Gasteiger partial charge on any atom is -0.461 e. The standard InChI is InChI=1S/C26H30FN3O2/c27-24-10-5-4-9-23(24)25-13-11-22(32-25)12-14-26(31)28-15-6-16-29-17-19-30(20-18-29)21-7-2-1-3-8-21/h1-5,7-11,13H,6,12,14-20H2,(H,28,31). The fourth-order valence-corrected chi connectivity index (χ4v) is 4.04. The topological polar surface area (TPSA) is 48.7 Å². The van der Waals surface area contributed by atoms with Gasteiger partial charge in [-0.15, -0.1) is 0 Å². The maximum absolute atomic E-state index is 13.9. The van der Waals surface area contributed by atoms with Crippen molar-refractivity contribution < 1.29 is 13.6 Å². The lowest BCUT2D eigenvalue weighted by atomic mass is 10.1. The molecule has 2 aromatic carbocycles. The van der Waals surface area contributed by atoms with Crippen LogP contribution in [-0.2, 0) is 11.2 Å². The van der Waals surface area contributed by atoms with Crippen molar-refractivity contribution in [2.24, 2.45) is 0 Å². The van der Waals surface area contributed by atoms with E-state index in [0.717, 1.165) is 39.1 Å². The smallest absolute Gasteiger partial charge is 0.220 e. The van der Waals surface area contributed by atoms with Crippen LogP contribution in [0.25, 0.3) is 11.3 Å². The summed E-state index contributed by atoms with van der Waals surface area (Å²) in [4.78, 5) is 17.0. The summed E-state index contributed by atoms with van der Waals surface area (Å²) in [7, 11) is 0. The molecule has 0 bridgehead atoms. The van der Waals surface area contributed by atoms with Crippen LogP contribution in [0.1, 0.15) is 18.6 Å². The number of hydrogen-bond donors (Lipinski definition) is 1. The molecule has 0 radical (unpaired) electrons. The number of rotatable bonds is 9. The first-order valence-corrected chi connectivity index (χ1v) is 11.3. The van der Waals surface area contributed by atoms with E-state index in [9.17, 15) is 9.18 Å². The number of carbonyl (C=O) groups is 1. The third-order valence-corrected chi connectivity index (χ3v) is 5.87. The molecule has 0 saturated carbocycles. The highest BCUT2D eigenvalue weighted by atomic mass is 19.1. The Morgan fingerprint density at radius 3 is 2.47 bits per heavy atom. The molecule has 1 amide bonds. The number of carbonyl (C=O) groups excluding carboxylic acids is 1. The first-order chi connectivity index (χ1) is 15.7. The summed E-state index contributed by atoms with van der Waals surface area (Å²) < 4.78 is 19.6. The Balaban J connectivity index is 1.11. The van der Waals surface area contributed by atoms with Gasteiger partial charge < -0.3 is 14.6 Å². The minimum atomic E-state index is -0.312. The largest absolute Gasteiger partial charge is 0.461 e. The van der Waals surface area contributed by atoms with Gasteiger partial charge in [-0.25, -0.2) is 4.39 Å². The molecule has 1 fully saturated rings. The monoisotopic (exact) mass is 435 g/mol. The molecule has 2 heterocycles. The van der Waals surface area contributed by atoms with Gasteiger partial charge in [-0.05, 0) is 49.4 Å². The molecule has 1 saturated heterocycles. The Kier molecular flexibility index (Phi) is 7.56. The van der Waals surface area contributed by atoms with Crippen LogP contribution in [0.3, 0.4) is 0 Å². The number of piperazine rings is 1. The molecule has 5 nitrogen and oxygen atoms in total. The highest BCUT2D eigenvalue weighted by Crippen LogP contribution is 2.25. The number of nitrogens with one attached hydrogen (secondary N) is 1. The van der Waals surface area contributed by atoms with Gasteiger partial charge in [-0.2, -0.15) is 0 Å². The summed E-state index contributed by atoms with van der Waals surface area (Å²) in [5.41, 5.74) is 1.73. The van der Waals surface area contributed by atoms with Gasteiger partial charge in [0.05, 0.1) is 5.56 Å². The minimum absolute atomic E-state index is 0.0164. The van der Waals surface area contributed by atoms with Crippen molar-refractivity contribution in [3.8, 4) is 11.3 Å². The zero-order valence-electron chi connectivity index (χ0n) is 18.3. The number of anilines is 1. The number of para-hydroxylation sites is 1. The van der Waals surface area contributed by atoms with Gasteiger partial charge >= 0.3 is 0 Å². The average Bonchev–Trinajstić information content (AvgIpc) is 3.31. The number of benzene rings is 2. The summed E-state index contributed by atoms with van der Waals surface area (Å²) in [5.74, 6) is 0.885. The van der Waals surface area contributed by atoms with Crippen molar-refractivity contribution in [1.29, 1.82) is 0 Å². The molecule has 6 heteroatoms. The molecule has 1 aliphatic rings. The van der Waals surface area contributed by atoms with Crippen molar-refractivity contribution in [2.45, 2.75) is 19.3 Å². The zero-order chi connectivity index (χ0) is 22.2. The van der Waals surface area contributed by atoms with Crippen LogP contribution >= 0.6 is 0 Å². The van der Waals surface area contributed by atoms with Crippen LogP contribution in [0, 0.1) is 5.82 Å². The van der Waals surface area contributed by atoms with E-state index >= 15 is 0 Å².